The van der Waals surface area contributed by atoms with Gasteiger partial charge in [0.1, 0.15) is 5.82 Å². The zero-order chi connectivity index (χ0) is 22.2. The Kier molecular flexibility index (Phi) is 5.24. The first-order valence-corrected chi connectivity index (χ1v) is 11.2. The van der Waals surface area contributed by atoms with E-state index in [-0.39, 0.29) is 18.0 Å². The zero-order valence-electron chi connectivity index (χ0n) is 18.4. The van der Waals surface area contributed by atoms with Crippen molar-refractivity contribution in [2.45, 2.75) is 65.1 Å². The fourth-order valence-electron chi connectivity index (χ4n) is 4.68. The lowest BCUT2D eigenvalue weighted by molar-refractivity contribution is -0.119. The van der Waals surface area contributed by atoms with Crippen molar-refractivity contribution in [2.24, 2.45) is 0 Å². The van der Waals surface area contributed by atoms with E-state index < -0.39 is 0 Å². The lowest BCUT2D eigenvalue weighted by Crippen LogP contribution is -2.25. The summed E-state index contributed by atoms with van der Waals surface area (Å²) in [5.74, 6) is 2.03. The highest BCUT2D eigenvalue weighted by Gasteiger charge is 2.28. The van der Waals surface area contributed by atoms with E-state index in [1.165, 1.54) is 19.8 Å². The highest BCUT2D eigenvalue weighted by molar-refractivity contribution is 5.74. The van der Waals surface area contributed by atoms with Crippen LogP contribution in [0.15, 0.2) is 35.1 Å². The highest BCUT2D eigenvalue weighted by Crippen LogP contribution is 2.35. The van der Waals surface area contributed by atoms with Crippen molar-refractivity contribution < 1.29 is 4.79 Å². The Morgan fingerprint density at radius 2 is 1.88 bits per heavy atom. The number of nitrogens with zero attached hydrogens (tertiary/aromatic N) is 6. The Labute approximate surface area is 185 Å². The fraction of sp³-hybridized carbons (Fsp3) is 0.435. The molecule has 1 fully saturated rings. The Hall–Kier alpha value is -3.49. The van der Waals surface area contributed by atoms with Gasteiger partial charge in [0.2, 0.25) is 11.7 Å². The second-order valence-corrected chi connectivity index (χ2v) is 8.39. The maximum atomic E-state index is 13.6. The molecule has 0 saturated heterocycles. The lowest BCUT2D eigenvalue weighted by Gasteiger charge is -2.13. The fourth-order valence-corrected chi connectivity index (χ4v) is 4.68. The summed E-state index contributed by atoms with van der Waals surface area (Å²) in [6, 6.07) is 10.2. The van der Waals surface area contributed by atoms with Crippen molar-refractivity contribution in [1.82, 2.24) is 34.0 Å². The van der Waals surface area contributed by atoms with Crippen molar-refractivity contribution in [2.75, 3.05) is 0 Å². The summed E-state index contributed by atoms with van der Waals surface area (Å²) < 4.78 is 5.38. The van der Waals surface area contributed by atoms with Crippen LogP contribution in [0.25, 0.3) is 16.9 Å². The van der Waals surface area contributed by atoms with Crippen LogP contribution in [0.4, 0.5) is 0 Å². The van der Waals surface area contributed by atoms with E-state index in [1.54, 1.807) is 9.08 Å². The van der Waals surface area contributed by atoms with Crippen LogP contribution in [0.1, 0.15) is 62.7 Å². The Morgan fingerprint density at radius 3 is 2.56 bits per heavy atom. The molecule has 0 aliphatic heterocycles. The molecule has 3 heterocycles. The molecular formula is C23H27N7O2. The number of benzene rings is 1. The van der Waals surface area contributed by atoms with Crippen LogP contribution < -0.4 is 10.9 Å². The van der Waals surface area contributed by atoms with Crippen LogP contribution in [0.2, 0.25) is 0 Å². The van der Waals surface area contributed by atoms with E-state index in [1.807, 2.05) is 25.1 Å². The van der Waals surface area contributed by atoms with Gasteiger partial charge >= 0.3 is 0 Å². The van der Waals surface area contributed by atoms with Gasteiger partial charge in [0.05, 0.1) is 6.54 Å². The van der Waals surface area contributed by atoms with E-state index in [4.69, 9.17) is 4.98 Å². The molecule has 1 aromatic carbocycles. The summed E-state index contributed by atoms with van der Waals surface area (Å²) in [5.41, 5.74) is 2.11. The molecule has 1 amide bonds. The second kappa shape index (κ2) is 8.22. The summed E-state index contributed by atoms with van der Waals surface area (Å²) in [6.07, 6.45) is 4.51. The molecule has 5 rings (SSSR count). The Morgan fingerprint density at radius 1 is 1.12 bits per heavy atom. The molecule has 9 nitrogen and oxygen atoms in total. The van der Waals surface area contributed by atoms with Crippen LogP contribution in [-0.2, 0) is 24.4 Å². The van der Waals surface area contributed by atoms with Crippen LogP contribution in [0.5, 0.6) is 0 Å². The van der Waals surface area contributed by atoms with E-state index >= 15 is 0 Å². The largest absolute Gasteiger partial charge is 0.349 e. The average molecular weight is 434 g/mol. The molecule has 3 aromatic heterocycles. The molecule has 1 N–H and O–H groups in total. The van der Waals surface area contributed by atoms with Gasteiger partial charge in [-0.3, -0.25) is 14.2 Å². The molecule has 0 unspecified atom stereocenters. The van der Waals surface area contributed by atoms with Crippen LogP contribution in [0, 0.1) is 0 Å². The highest BCUT2D eigenvalue weighted by atomic mass is 16.1. The Balaban J connectivity index is 1.76. The van der Waals surface area contributed by atoms with Gasteiger partial charge in [-0.15, -0.1) is 5.10 Å². The minimum absolute atomic E-state index is 0.110. The summed E-state index contributed by atoms with van der Waals surface area (Å²) in [7, 11) is 0. The summed E-state index contributed by atoms with van der Waals surface area (Å²) in [4.78, 5) is 34.5. The first-order chi connectivity index (χ1) is 15.6. The number of imidazole rings is 1. The standard InChI is InChI=1S/C23H27N7O2/c1-3-28-22(32)19-21(30-23(28)25-18(27-30)13-24-15(2)31)26-20(17-11-7-8-12-17)29(19)14-16-9-5-4-6-10-16/h4-6,9-10,17H,3,7-8,11-14H2,1-2H3,(H,24,31). The van der Waals surface area contributed by atoms with E-state index in [2.05, 4.69) is 32.1 Å². The summed E-state index contributed by atoms with van der Waals surface area (Å²) >= 11 is 0. The minimum Gasteiger partial charge on any atom is -0.349 e. The number of amides is 1. The van der Waals surface area contributed by atoms with Crippen molar-refractivity contribution in [3.63, 3.8) is 0 Å². The lowest BCUT2D eigenvalue weighted by atomic mass is 10.1. The average Bonchev–Trinajstić information content (AvgIpc) is 3.52. The molecule has 1 aliphatic rings. The number of aryl methyl sites for hydroxylation is 1. The third-order valence-corrected chi connectivity index (χ3v) is 6.22. The molecular weight excluding hydrogens is 406 g/mol. The molecule has 0 radical (unpaired) electrons. The molecule has 0 bridgehead atoms. The molecule has 1 saturated carbocycles. The first-order valence-electron chi connectivity index (χ1n) is 11.2. The van der Waals surface area contributed by atoms with Crippen LogP contribution >= 0.6 is 0 Å². The minimum atomic E-state index is -0.155. The van der Waals surface area contributed by atoms with Crippen molar-refractivity contribution >= 4 is 22.8 Å². The number of carbonyl (C=O) groups is 1. The molecule has 1 aliphatic carbocycles. The third kappa shape index (κ3) is 3.47. The van der Waals surface area contributed by atoms with Gasteiger partial charge in [0.15, 0.2) is 17.0 Å². The van der Waals surface area contributed by atoms with Gasteiger partial charge in [-0.2, -0.15) is 9.50 Å². The van der Waals surface area contributed by atoms with Crippen LogP contribution in [0.3, 0.4) is 0 Å². The number of hydrogen-bond donors (Lipinski definition) is 1. The number of aromatic nitrogens is 6. The smallest absolute Gasteiger partial charge is 0.281 e. The summed E-state index contributed by atoms with van der Waals surface area (Å²) in [6.45, 7) is 4.63. The van der Waals surface area contributed by atoms with Gasteiger partial charge in [-0.05, 0) is 25.3 Å². The third-order valence-electron chi connectivity index (χ3n) is 6.22. The van der Waals surface area contributed by atoms with Gasteiger partial charge < -0.3 is 9.88 Å². The maximum absolute atomic E-state index is 13.6. The monoisotopic (exact) mass is 433 g/mol. The van der Waals surface area contributed by atoms with Crippen molar-refractivity contribution in [3.05, 3.63) is 57.9 Å². The molecule has 9 heteroatoms. The number of rotatable bonds is 6. The number of hydrogen-bond acceptors (Lipinski definition) is 5. The number of nitrogens with one attached hydrogen (secondary N) is 1. The van der Waals surface area contributed by atoms with Crippen LogP contribution in [-0.4, -0.2) is 34.6 Å². The molecule has 4 aromatic rings. The Bertz CT molecular complexity index is 1340. The molecule has 0 atom stereocenters. The van der Waals surface area contributed by atoms with Gasteiger partial charge in [-0.1, -0.05) is 43.2 Å². The van der Waals surface area contributed by atoms with Crippen molar-refractivity contribution in [1.29, 1.82) is 0 Å². The normalized spacial score (nSPS) is 14.6. The quantitative estimate of drug-likeness (QED) is 0.504. The summed E-state index contributed by atoms with van der Waals surface area (Å²) in [5, 5.41) is 7.33. The second-order valence-electron chi connectivity index (χ2n) is 8.39. The number of fused-ring (bicyclic) bond motifs is 3. The zero-order valence-corrected chi connectivity index (χ0v) is 18.4. The van der Waals surface area contributed by atoms with Gasteiger partial charge in [-0.25, -0.2) is 4.98 Å². The first kappa shape index (κ1) is 20.4. The molecule has 166 valence electrons. The predicted molar refractivity (Wildman–Crippen MR) is 120 cm³/mol. The van der Waals surface area contributed by atoms with E-state index in [0.717, 1.165) is 24.2 Å². The van der Waals surface area contributed by atoms with E-state index in [0.29, 0.717) is 41.8 Å². The molecule has 0 spiro atoms. The topological polar surface area (TPSA) is 99.1 Å². The van der Waals surface area contributed by atoms with Gasteiger partial charge in [0, 0.05) is 25.9 Å². The number of carbonyl (C=O) groups excluding carboxylic acids is 1. The molecule has 32 heavy (non-hydrogen) atoms. The van der Waals surface area contributed by atoms with Gasteiger partial charge in [0.25, 0.3) is 5.56 Å². The van der Waals surface area contributed by atoms with E-state index in [9.17, 15) is 9.59 Å². The van der Waals surface area contributed by atoms with Crippen molar-refractivity contribution in [3.8, 4) is 0 Å². The predicted octanol–water partition coefficient (Wildman–Crippen LogP) is 2.60. The SMILES string of the molecule is CCn1c(=O)c2c(nc(C3CCCC3)n2Cc2ccccc2)n2nc(CNC(C)=O)nc12. The maximum Gasteiger partial charge on any atom is 0.281 e.